The number of ketones is 1. The molecule has 1 amide bonds. The molecule has 7 nitrogen and oxygen atoms in total. The summed E-state index contributed by atoms with van der Waals surface area (Å²) in [7, 11) is 0. The van der Waals surface area contributed by atoms with E-state index in [1.165, 1.54) is 18.4 Å². The Morgan fingerprint density at radius 1 is 1.08 bits per heavy atom. The van der Waals surface area contributed by atoms with Crippen LogP contribution in [0.3, 0.4) is 0 Å². The van der Waals surface area contributed by atoms with E-state index in [0.29, 0.717) is 29.7 Å². The summed E-state index contributed by atoms with van der Waals surface area (Å²) in [5, 5.41) is 3.04. The molecule has 2 N–H and O–H groups in total. The molecule has 4 aromatic rings. The van der Waals surface area contributed by atoms with Crippen LogP contribution in [0.2, 0.25) is 5.02 Å². The van der Waals surface area contributed by atoms with Gasteiger partial charge in [0.1, 0.15) is 5.75 Å². The topological polar surface area (TPSA) is 92.8 Å². The summed E-state index contributed by atoms with van der Waals surface area (Å²) in [6, 6.07) is 15.1. The molecule has 1 atom stereocenters. The molecule has 3 aromatic carbocycles. The van der Waals surface area contributed by atoms with Crippen molar-refractivity contribution >= 4 is 45.0 Å². The molecule has 1 aliphatic carbocycles. The number of nitrogens with zero attached hydrogens (tertiary/aromatic N) is 1. The van der Waals surface area contributed by atoms with E-state index >= 15 is 0 Å². The van der Waals surface area contributed by atoms with Crippen LogP contribution in [0.5, 0.6) is 5.75 Å². The lowest BCUT2D eigenvalue weighted by atomic mass is 10.0. The number of halogens is 1. The summed E-state index contributed by atoms with van der Waals surface area (Å²) < 4.78 is 19.8. The largest absolute Gasteiger partial charge is 0.485 e. The van der Waals surface area contributed by atoms with E-state index in [4.69, 9.17) is 31.5 Å². The van der Waals surface area contributed by atoms with E-state index in [1.807, 2.05) is 32.2 Å². The minimum absolute atomic E-state index is 0.00144. The predicted octanol–water partition coefficient (Wildman–Crippen LogP) is 6.23. The molecule has 2 aliphatic rings. The van der Waals surface area contributed by atoms with Crippen molar-refractivity contribution in [3.05, 3.63) is 76.4 Å². The number of nitrogens with two attached hydrogens (primary N) is 1. The molecule has 2 heterocycles. The third kappa shape index (κ3) is 5.39. The number of aryl methyl sites for hydroxylation is 1. The molecule has 0 spiro atoms. The Kier molecular flexibility index (Phi) is 6.61. The highest BCUT2D eigenvalue weighted by Crippen LogP contribution is 2.41. The van der Waals surface area contributed by atoms with Gasteiger partial charge in [-0.3, -0.25) is 9.59 Å². The van der Waals surface area contributed by atoms with Crippen molar-refractivity contribution in [3.63, 3.8) is 0 Å². The number of hydrogen-bond acceptors (Lipinski definition) is 5. The van der Waals surface area contributed by atoms with Gasteiger partial charge >= 0.3 is 0 Å². The van der Waals surface area contributed by atoms with Gasteiger partial charge in [-0.05, 0) is 85.7 Å². The van der Waals surface area contributed by atoms with Gasteiger partial charge in [0.25, 0.3) is 5.91 Å². The lowest BCUT2D eigenvalue weighted by Crippen LogP contribution is -2.22. The molecule has 0 bridgehead atoms. The Hall–Kier alpha value is -3.39. The Morgan fingerprint density at radius 2 is 1.90 bits per heavy atom. The molecule has 6 rings (SSSR count). The van der Waals surface area contributed by atoms with Gasteiger partial charge in [0.05, 0.1) is 18.3 Å². The van der Waals surface area contributed by atoms with E-state index < -0.39 is 11.7 Å². The summed E-state index contributed by atoms with van der Waals surface area (Å²) in [4.78, 5) is 25.7. The van der Waals surface area contributed by atoms with E-state index in [9.17, 15) is 9.59 Å². The SMILES string of the molecule is CC1(C)OC[C@@H](CCn2cc(C(=O)COc3cc4ccc(Cl)cc4cc3C(N)=O)c3ccc(C4CC4)cc32)O1. The molecule has 1 saturated heterocycles. The van der Waals surface area contributed by atoms with Crippen LogP contribution < -0.4 is 10.5 Å². The second-order valence-corrected chi connectivity index (χ2v) is 11.4. The first-order valence-electron chi connectivity index (χ1n) is 13.3. The standard InChI is InChI=1S/C31H31ClN2O5/c1-31(2)38-16-23(39-31)9-10-34-15-26(24-8-6-19(13-27(24)34)18-3-4-18)28(35)17-37-29-14-20-5-7-22(32)11-21(20)12-25(29)30(33)36/h5-8,11-15,18,23H,3-4,9-10,16-17H2,1-2H3,(H2,33,36)/t23-/m1/s1. The first-order chi connectivity index (χ1) is 18.7. The van der Waals surface area contributed by atoms with Gasteiger partial charge in [-0.2, -0.15) is 0 Å². The molecule has 202 valence electrons. The first kappa shape index (κ1) is 25.9. The number of amides is 1. The van der Waals surface area contributed by atoms with E-state index in [-0.39, 0.29) is 29.8 Å². The number of carbonyl (C=O) groups excluding carboxylic acids is 2. The zero-order valence-corrected chi connectivity index (χ0v) is 22.8. The zero-order chi connectivity index (χ0) is 27.3. The predicted molar refractivity (Wildman–Crippen MR) is 151 cm³/mol. The van der Waals surface area contributed by atoms with E-state index in [1.54, 1.807) is 24.3 Å². The lowest BCUT2D eigenvalue weighted by Gasteiger charge is -2.17. The number of ether oxygens (including phenoxy) is 3. The minimum Gasteiger partial charge on any atom is -0.485 e. The van der Waals surface area contributed by atoms with Crippen LogP contribution in [-0.4, -0.2) is 41.4 Å². The van der Waals surface area contributed by atoms with Crippen molar-refractivity contribution in [2.24, 2.45) is 5.73 Å². The van der Waals surface area contributed by atoms with Crippen molar-refractivity contribution < 1.29 is 23.8 Å². The molecule has 1 aliphatic heterocycles. The quantitative estimate of drug-likeness (QED) is 0.251. The van der Waals surface area contributed by atoms with Crippen molar-refractivity contribution in [1.29, 1.82) is 0 Å². The first-order valence-corrected chi connectivity index (χ1v) is 13.7. The Balaban J connectivity index is 1.26. The number of Topliss-reactive ketones (excluding diaryl/α,β-unsaturated/α-hetero) is 1. The fourth-order valence-electron chi connectivity index (χ4n) is 5.36. The molecule has 39 heavy (non-hydrogen) atoms. The number of primary amides is 1. The maximum Gasteiger partial charge on any atom is 0.252 e. The van der Waals surface area contributed by atoms with Gasteiger partial charge in [0.15, 0.2) is 12.4 Å². The van der Waals surface area contributed by atoms with E-state index in [0.717, 1.165) is 28.1 Å². The lowest BCUT2D eigenvalue weighted by molar-refractivity contribution is -0.139. The number of aromatic nitrogens is 1. The van der Waals surface area contributed by atoms with Crippen molar-refractivity contribution in [1.82, 2.24) is 4.57 Å². The van der Waals surface area contributed by atoms with Gasteiger partial charge < -0.3 is 24.5 Å². The zero-order valence-electron chi connectivity index (χ0n) is 22.0. The molecule has 1 aromatic heterocycles. The van der Waals surface area contributed by atoms with Crippen molar-refractivity contribution in [2.75, 3.05) is 13.2 Å². The third-order valence-corrected chi connectivity index (χ3v) is 7.77. The minimum atomic E-state index is -0.634. The van der Waals surface area contributed by atoms with Crippen LogP contribution in [0.25, 0.3) is 21.7 Å². The second kappa shape index (κ2) is 9.97. The van der Waals surface area contributed by atoms with Crippen LogP contribution in [0, 0.1) is 0 Å². The normalized spacial score (nSPS) is 18.6. The molecule has 0 radical (unpaired) electrons. The van der Waals surface area contributed by atoms with Gasteiger partial charge in [-0.25, -0.2) is 0 Å². The molecular weight excluding hydrogens is 516 g/mol. The number of benzene rings is 3. The highest BCUT2D eigenvalue weighted by Gasteiger charge is 2.32. The highest BCUT2D eigenvalue weighted by atomic mass is 35.5. The van der Waals surface area contributed by atoms with Crippen molar-refractivity contribution in [2.45, 2.75) is 57.5 Å². The number of fused-ring (bicyclic) bond motifs is 2. The maximum atomic E-state index is 13.5. The molecule has 1 saturated carbocycles. The van der Waals surface area contributed by atoms with Crippen LogP contribution >= 0.6 is 11.6 Å². The number of hydrogen-bond donors (Lipinski definition) is 1. The summed E-state index contributed by atoms with van der Waals surface area (Å²) in [6.45, 7) is 4.87. The summed E-state index contributed by atoms with van der Waals surface area (Å²) in [6.07, 6.45) is 5.09. The van der Waals surface area contributed by atoms with Gasteiger partial charge in [-0.1, -0.05) is 29.8 Å². The average molecular weight is 547 g/mol. The monoisotopic (exact) mass is 546 g/mol. The van der Waals surface area contributed by atoms with Gasteiger partial charge in [0.2, 0.25) is 5.78 Å². The Bertz CT molecular complexity index is 1600. The number of rotatable bonds is 9. The Morgan fingerprint density at radius 3 is 2.62 bits per heavy atom. The highest BCUT2D eigenvalue weighted by molar-refractivity contribution is 6.31. The van der Waals surface area contributed by atoms with Crippen LogP contribution in [0.15, 0.2) is 54.7 Å². The number of carbonyl (C=O) groups is 2. The van der Waals surface area contributed by atoms with Crippen LogP contribution in [-0.2, 0) is 16.0 Å². The van der Waals surface area contributed by atoms with Crippen molar-refractivity contribution in [3.8, 4) is 5.75 Å². The van der Waals surface area contributed by atoms with Crippen LogP contribution in [0.1, 0.15) is 65.3 Å². The molecule has 2 fully saturated rings. The fourth-order valence-corrected chi connectivity index (χ4v) is 5.54. The van der Waals surface area contributed by atoms with Crippen LogP contribution in [0.4, 0.5) is 0 Å². The molecule has 8 heteroatoms. The smallest absolute Gasteiger partial charge is 0.252 e. The summed E-state index contributed by atoms with van der Waals surface area (Å²) in [5.74, 6) is -0.509. The summed E-state index contributed by atoms with van der Waals surface area (Å²) >= 11 is 6.11. The maximum absolute atomic E-state index is 13.5. The molecule has 0 unspecified atom stereocenters. The third-order valence-electron chi connectivity index (χ3n) is 7.54. The second-order valence-electron chi connectivity index (χ2n) is 10.9. The summed E-state index contributed by atoms with van der Waals surface area (Å²) in [5.41, 5.74) is 8.75. The van der Waals surface area contributed by atoms with Gasteiger partial charge in [0, 0.05) is 34.2 Å². The Labute approximate surface area is 231 Å². The fraction of sp³-hybridized carbons (Fsp3) is 0.355. The van der Waals surface area contributed by atoms with Gasteiger partial charge in [-0.15, -0.1) is 0 Å². The molecular formula is C31H31ClN2O5. The average Bonchev–Trinajstić information content (AvgIpc) is 3.61. The van der Waals surface area contributed by atoms with E-state index in [2.05, 4.69) is 16.7 Å².